The topological polar surface area (TPSA) is 82.3 Å². The third kappa shape index (κ3) is 5.41. The van der Waals surface area contributed by atoms with Crippen molar-refractivity contribution in [3.8, 4) is 0 Å². The van der Waals surface area contributed by atoms with Crippen molar-refractivity contribution in [2.24, 2.45) is 0 Å². The SMILES string of the molecule is CC(C)NC(=O)Nc1ccccc1C(=O)NCC1=CCNCC1. The first kappa shape index (κ1) is 17.0. The minimum atomic E-state index is -0.318. The number of para-hydroxylation sites is 1. The lowest BCUT2D eigenvalue weighted by atomic mass is 10.1. The molecule has 0 spiro atoms. The van der Waals surface area contributed by atoms with E-state index in [0.29, 0.717) is 17.8 Å². The van der Waals surface area contributed by atoms with E-state index >= 15 is 0 Å². The summed E-state index contributed by atoms with van der Waals surface area (Å²) in [7, 11) is 0. The van der Waals surface area contributed by atoms with Crippen LogP contribution < -0.4 is 21.3 Å². The van der Waals surface area contributed by atoms with Crippen LogP contribution in [0.15, 0.2) is 35.9 Å². The molecule has 0 bridgehead atoms. The van der Waals surface area contributed by atoms with E-state index in [9.17, 15) is 9.59 Å². The highest BCUT2D eigenvalue weighted by Gasteiger charge is 2.14. The van der Waals surface area contributed by atoms with Gasteiger partial charge in [-0.15, -0.1) is 0 Å². The molecule has 124 valence electrons. The summed E-state index contributed by atoms with van der Waals surface area (Å²) < 4.78 is 0. The summed E-state index contributed by atoms with van der Waals surface area (Å²) >= 11 is 0. The number of hydrogen-bond donors (Lipinski definition) is 4. The highest BCUT2D eigenvalue weighted by molar-refractivity contribution is 6.03. The Hall–Kier alpha value is -2.34. The van der Waals surface area contributed by atoms with E-state index in [1.807, 2.05) is 13.8 Å². The predicted octanol–water partition coefficient (Wildman–Crippen LogP) is 1.87. The van der Waals surface area contributed by atoms with Gasteiger partial charge in [-0.05, 0) is 38.9 Å². The van der Waals surface area contributed by atoms with Crippen LogP contribution in [0.1, 0.15) is 30.6 Å². The molecule has 4 N–H and O–H groups in total. The maximum absolute atomic E-state index is 12.4. The van der Waals surface area contributed by atoms with Gasteiger partial charge in [-0.2, -0.15) is 0 Å². The van der Waals surface area contributed by atoms with Crippen LogP contribution in [0, 0.1) is 0 Å². The molecule has 6 heteroatoms. The third-order valence-electron chi connectivity index (χ3n) is 3.47. The van der Waals surface area contributed by atoms with Gasteiger partial charge in [-0.3, -0.25) is 4.79 Å². The number of nitrogens with one attached hydrogen (secondary N) is 4. The van der Waals surface area contributed by atoms with Gasteiger partial charge in [-0.1, -0.05) is 23.8 Å². The van der Waals surface area contributed by atoms with Crippen molar-refractivity contribution in [1.82, 2.24) is 16.0 Å². The molecule has 0 atom stereocenters. The molecule has 1 aliphatic heterocycles. The van der Waals surface area contributed by atoms with E-state index in [2.05, 4.69) is 27.3 Å². The molecule has 1 aromatic rings. The molecule has 1 aromatic carbocycles. The summed E-state index contributed by atoms with van der Waals surface area (Å²) in [5.41, 5.74) is 2.18. The van der Waals surface area contributed by atoms with Crippen LogP contribution in [0.3, 0.4) is 0 Å². The lowest BCUT2D eigenvalue weighted by Gasteiger charge is -2.16. The molecule has 0 aliphatic carbocycles. The molecule has 2 rings (SSSR count). The normalized spacial score (nSPS) is 14.1. The highest BCUT2D eigenvalue weighted by atomic mass is 16.2. The van der Waals surface area contributed by atoms with E-state index in [4.69, 9.17) is 0 Å². The van der Waals surface area contributed by atoms with E-state index in [0.717, 1.165) is 19.5 Å². The van der Waals surface area contributed by atoms with Crippen molar-refractivity contribution < 1.29 is 9.59 Å². The summed E-state index contributed by atoms with van der Waals surface area (Å²) in [6, 6.07) is 6.71. The van der Waals surface area contributed by atoms with Crippen LogP contribution in [0.5, 0.6) is 0 Å². The molecule has 0 saturated carbocycles. The number of amides is 3. The second-order valence-corrected chi connectivity index (χ2v) is 5.80. The molecule has 1 aliphatic rings. The third-order valence-corrected chi connectivity index (χ3v) is 3.47. The van der Waals surface area contributed by atoms with Gasteiger partial charge in [0.15, 0.2) is 0 Å². The van der Waals surface area contributed by atoms with Gasteiger partial charge in [0.25, 0.3) is 5.91 Å². The van der Waals surface area contributed by atoms with Crippen molar-refractivity contribution in [2.45, 2.75) is 26.3 Å². The number of benzene rings is 1. The lowest BCUT2D eigenvalue weighted by Crippen LogP contribution is -2.35. The molecule has 0 aromatic heterocycles. The molecule has 0 unspecified atom stereocenters. The summed E-state index contributed by atoms with van der Waals surface area (Å²) in [4.78, 5) is 24.2. The molecular weight excluding hydrogens is 292 g/mol. The predicted molar refractivity (Wildman–Crippen MR) is 91.6 cm³/mol. The Bertz CT molecular complexity index is 596. The van der Waals surface area contributed by atoms with E-state index in [1.165, 1.54) is 5.57 Å². The van der Waals surface area contributed by atoms with Crippen molar-refractivity contribution in [3.63, 3.8) is 0 Å². The first-order valence-electron chi connectivity index (χ1n) is 7.89. The number of carbonyl (C=O) groups is 2. The van der Waals surface area contributed by atoms with E-state index in [-0.39, 0.29) is 18.0 Å². The number of carbonyl (C=O) groups excluding carboxylic acids is 2. The molecule has 3 amide bonds. The highest BCUT2D eigenvalue weighted by Crippen LogP contribution is 2.15. The maximum Gasteiger partial charge on any atom is 0.319 e. The van der Waals surface area contributed by atoms with Gasteiger partial charge in [0, 0.05) is 19.1 Å². The average molecular weight is 316 g/mol. The van der Waals surface area contributed by atoms with Crippen molar-refractivity contribution in [3.05, 3.63) is 41.5 Å². The lowest BCUT2D eigenvalue weighted by molar-refractivity contribution is 0.0957. The van der Waals surface area contributed by atoms with Crippen LogP contribution in [0.2, 0.25) is 0 Å². The molecule has 6 nitrogen and oxygen atoms in total. The summed E-state index contributed by atoms with van der Waals surface area (Å²) in [5, 5.41) is 11.6. The van der Waals surface area contributed by atoms with Gasteiger partial charge < -0.3 is 21.3 Å². The first-order valence-corrected chi connectivity index (χ1v) is 7.89. The second-order valence-electron chi connectivity index (χ2n) is 5.80. The smallest absolute Gasteiger partial charge is 0.319 e. The maximum atomic E-state index is 12.4. The monoisotopic (exact) mass is 316 g/mol. The van der Waals surface area contributed by atoms with Crippen molar-refractivity contribution in [2.75, 3.05) is 25.0 Å². The van der Waals surface area contributed by atoms with Crippen molar-refractivity contribution in [1.29, 1.82) is 0 Å². The fraction of sp³-hybridized carbons (Fsp3) is 0.412. The largest absolute Gasteiger partial charge is 0.348 e. The zero-order valence-corrected chi connectivity index (χ0v) is 13.6. The summed E-state index contributed by atoms with van der Waals surface area (Å²) in [6.45, 7) is 6.08. The number of urea groups is 1. The van der Waals surface area contributed by atoms with Gasteiger partial charge in [0.2, 0.25) is 0 Å². The first-order chi connectivity index (χ1) is 11.1. The average Bonchev–Trinajstić information content (AvgIpc) is 2.53. The number of anilines is 1. The van der Waals surface area contributed by atoms with Crippen molar-refractivity contribution >= 4 is 17.6 Å². The summed E-state index contributed by atoms with van der Waals surface area (Å²) in [5.74, 6) is -0.190. The zero-order chi connectivity index (χ0) is 16.7. The Kier molecular flexibility index (Phi) is 6.17. The Labute approximate surface area is 136 Å². The molecule has 0 radical (unpaired) electrons. The Morgan fingerprint density at radius 1 is 1.26 bits per heavy atom. The Balaban J connectivity index is 1.99. The fourth-order valence-corrected chi connectivity index (χ4v) is 2.33. The van der Waals surface area contributed by atoms with Crippen LogP contribution in [-0.2, 0) is 0 Å². The van der Waals surface area contributed by atoms with Gasteiger partial charge >= 0.3 is 6.03 Å². The fourth-order valence-electron chi connectivity index (χ4n) is 2.33. The van der Waals surface area contributed by atoms with Crippen LogP contribution in [0.4, 0.5) is 10.5 Å². The van der Waals surface area contributed by atoms with Gasteiger partial charge in [0.1, 0.15) is 0 Å². The zero-order valence-electron chi connectivity index (χ0n) is 13.6. The molecule has 23 heavy (non-hydrogen) atoms. The van der Waals surface area contributed by atoms with Crippen LogP contribution in [0.25, 0.3) is 0 Å². The Morgan fingerprint density at radius 3 is 2.74 bits per heavy atom. The number of rotatable bonds is 5. The van der Waals surface area contributed by atoms with E-state index in [1.54, 1.807) is 24.3 Å². The minimum absolute atomic E-state index is 0.0304. The van der Waals surface area contributed by atoms with Crippen LogP contribution >= 0.6 is 0 Å². The van der Waals surface area contributed by atoms with Gasteiger partial charge in [-0.25, -0.2) is 4.79 Å². The minimum Gasteiger partial charge on any atom is -0.348 e. The Morgan fingerprint density at radius 2 is 2.04 bits per heavy atom. The quantitative estimate of drug-likeness (QED) is 0.626. The molecule has 0 saturated heterocycles. The second kappa shape index (κ2) is 8.33. The molecular formula is C17H24N4O2. The number of hydrogen-bond acceptors (Lipinski definition) is 3. The van der Waals surface area contributed by atoms with E-state index < -0.39 is 0 Å². The van der Waals surface area contributed by atoms with Crippen LogP contribution in [-0.4, -0.2) is 37.6 Å². The summed E-state index contributed by atoms with van der Waals surface area (Å²) in [6.07, 6.45) is 3.04. The molecule has 0 fully saturated rings. The molecule has 1 heterocycles. The van der Waals surface area contributed by atoms with Gasteiger partial charge in [0.05, 0.1) is 11.3 Å². The standard InChI is InChI=1S/C17H24N4O2/c1-12(2)20-17(23)21-15-6-4-3-5-14(15)16(22)19-11-13-7-9-18-10-8-13/h3-7,12,18H,8-11H2,1-2H3,(H,19,22)(H2,20,21,23).